The zero-order chi connectivity index (χ0) is 14.0. The van der Waals surface area contributed by atoms with Gasteiger partial charge in [0.1, 0.15) is 6.61 Å². The molecule has 2 heterocycles. The molecule has 0 unspecified atom stereocenters. The van der Waals surface area contributed by atoms with Crippen LogP contribution in [-0.4, -0.2) is 53.7 Å². The highest BCUT2D eigenvalue weighted by molar-refractivity contribution is 5.09. The Kier molecular flexibility index (Phi) is 4.15. The number of ether oxygens (including phenoxy) is 1. The monoisotopic (exact) mass is 277 g/mol. The van der Waals surface area contributed by atoms with Crippen LogP contribution in [0, 0.1) is 13.8 Å². The van der Waals surface area contributed by atoms with E-state index in [2.05, 4.69) is 14.7 Å². The Bertz CT molecular complexity index is 424. The summed E-state index contributed by atoms with van der Waals surface area (Å²) in [4.78, 5) is 2.07. The van der Waals surface area contributed by atoms with Gasteiger partial charge in [0.05, 0.1) is 18.3 Å². The molecule has 0 aromatic carbocycles. The van der Waals surface area contributed by atoms with Gasteiger partial charge in [0.2, 0.25) is 0 Å². The third-order valence-electron chi connectivity index (χ3n) is 3.15. The molecular weight excluding hydrogens is 259 g/mol. The van der Waals surface area contributed by atoms with Crippen LogP contribution in [0.3, 0.4) is 0 Å². The fraction of sp³-hybridized carbons (Fsp3) is 0.750. The number of aryl methyl sites for hydroxylation is 2. The van der Waals surface area contributed by atoms with E-state index < -0.39 is 12.8 Å². The normalized spacial score (nSPS) is 17.7. The molecular formula is C12H18F3N3O. The largest absolute Gasteiger partial charge is 0.411 e. The van der Waals surface area contributed by atoms with Crippen molar-refractivity contribution >= 4 is 0 Å². The van der Waals surface area contributed by atoms with Crippen molar-refractivity contribution in [2.75, 3.05) is 32.8 Å². The number of likely N-dealkylation sites (tertiary alicyclic amines) is 1. The van der Waals surface area contributed by atoms with E-state index in [0.717, 1.165) is 24.5 Å². The van der Waals surface area contributed by atoms with E-state index in [1.807, 2.05) is 24.6 Å². The lowest BCUT2D eigenvalue weighted by Crippen LogP contribution is -2.49. The lowest BCUT2D eigenvalue weighted by molar-refractivity contribution is -0.175. The first-order chi connectivity index (χ1) is 8.85. The molecule has 0 spiro atoms. The molecule has 0 radical (unpaired) electrons. The molecule has 0 N–H and O–H groups in total. The van der Waals surface area contributed by atoms with Crippen molar-refractivity contribution in [1.29, 1.82) is 0 Å². The summed E-state index contributed by atoms with van der Waals surface area (Å²) >= 11 is 0. The van der Waals surface area contributed by atoms with Crippen LogP contribution >= 0.6 is 0 Å². The van der Waals surface area contributed by atoms with Crippen LogP contribution < -0.4 is 0 Å². The number of alkyl halides is 3. The summed E-state index contributed by atoms with van der Waals surface area (Å²) in [6, 6.07) is 2.35. The Labute approximate surface area is 110 Å². The summed E-state index contributed by atoms with van der Waals surface area (Å²) in [6.45, 7) is 5.08. The minimum atomic E-state index is -4.23. The van der Waals surface area contributed by atoms with Gasteiger partial charge >= 0.3 is 6.18 Å². The molecule has 1 aliphatic rings. The van der Waals surface area contributed by atoms with Gasteiger partial charge in [-0.1, -0.05) is 0 Å². The van der Waals surface area contributed by atoms with Gasteiger partial charge in [0.15, 0.2) is 0 Å². The Morgan fingerprint density at radius 3 is 2.58 bits per heavy atom. The van der Waals surface area contributed by atoms with Gasteiger partial charge in [-0.15, -0.1) is 0 Å². The highest BCUT2D eigenvalue weighted by Crippen LogP contribution is 2.22. The van der Waals surface area contributed by atoms with Gasteiger partial charge in [0, 0.05) is 25.3 Å². The second kappa shape index (κ2) is 5.50. The quantitative estimate of drug-likeness (QED) is 0.770. The summed E-state index contributed by atoms with van der Waals surface area (Å²) in [5.41, 5.74) is 2.11. The van der Waals surface area contributed by atoms with Gasteiger partial charge in [0.25, 0.3) is 0 Å². The van der Waals surface area contributed by atoms with Crippen LogP contribution in [0.5, 0.6) is 0 Å². The minimum absolute atomic E-state index is 0.114. The topological polar surface area (TPSA) is 30.3 Å². The van der Waals surface area contributed by atoms with Crippen molar-refractivity contribution in [3.8, 4) is 0 Å². The average Bonchev–Trinajstić information content (AvgIpc) is 2.53. The second-order valence-corrected chi connectivity index (χ2v) is 4.95. The molecule has 1 saturated heterocycles. The molecule has 2 rings (SSSR count). The molecule has 1 aromatic heterocycles. The van der Waals surface area contributed by atoms with E-state index in [1.165, 1.54) is 0 Å². The van der Waals surface area contributed by atoms with Crippen LogP contribution in [0.4, 0.5) is 13.2 Å². The van der Waals surface area contributed by atoms with Crippen molar-refractivity contribution in [3.63, 3.8) is 0 Å². The molecule has 7 heteroatoms. The van der Waals surface area contributed by atoms with Gasteiger partial charge in [-0.3, -0.25) is 9.58 Å². The molecule has 0 bridgehead atoms. The predicted octanol–water partition coefficient (Wildman–Crippen LogP) is 1.94. The fourth-order valence-electron chi connectivity index (χ4n) is 2.28. The van der Waals surface area contributed by atoms with Crippen molar-refractivity contribution < 1.29 is 17.9 Å². The first kappa shape index (κ1) is 14.3. The zero-order valence-corrected chi connectivity index (χ0v) is 11.1. The molecule has 108 valence electrons. The van der Waals surface area contributed by atoms with E-state index in [4.69, 9.17) is 0 Å². The highest BCUT2D eigenvalue weighted by Gasteiger charge is 2.30. The number of rotatable bonds is 5. The maximum absolute atomic E-state index is 11.9. The predicted molar refractivity (Wildman–Crippen MR) is 64.1 cm³/mol. The molecule has 19 heavy (non-hydrogen) atoms. The van der Waals surface area contributed by atoms with Gasteiger partial charge < -0.3 is 4.74 Å². The average molecular weight is 277 g/mol. The Morgan fingerprint density at radius 2 is 2.05 bits per heavy atom. The van der Waals surface area contributed by atoms with Crippen molar-refractivity contribution in [1.82, 2.24) is 14.7 Å². The van der Waals surface area contributed by atoms with E-state index >= 15 is 0 Å². The van der Waals surface area contributed by atoms with Crippen LogP contribution in [0.2, 0.25) is 0 Å². The zero-order valence-electron chi connectivity index (χ0n) is 11.1. The van der Waals surface area contributed by atoms with Crippen LogP contribution in [0.15, 0.2) is 6.07 Å². The summed E-state index contributed by atoms with van der Waals surface area (Å²) in [5, 5.41) is 4.41. The smallest absolute Gasteiger partial charge is 0.371 e. The SMILES string of the molecule is Cc1cc(C)n(C2CN(CCOCC(F)(F)F)C2)n1. The number of hydrogen-bond donors (Lipinski definition) is 0. The van der Waals surface area contributed by atoms with Crippen molar-refractivity contribution in [2.24, 2.45) is 0 Å². The summed E-state index contributed by atoms with van der Waals surface area (Å²) in [5.74, 6) is 0. The summed E-state index contributed by atoms with van der Waals surface area (Å²) in [7, 11) is 0. The Morgan fingerprint density at radius 1 is 1.37 bits per heavy atom. The first-order valence-electron chi connectivity index (χ1n) is 6.25. The number of nitrogens with zero attached hydrogens (tertiary/aromatic N) is 3. The van der Waals surface area contributed by atoms with Gasteiger partial charge in [-0.05, 0) is 19.9 Å². The van der Waals surface area contributed by atoms with E-state index in [9.17, 15) is 13.2 Å². The maximum atomic E-state index is 11.9. The van der Waals surface area contributed by atoms with Crippen molar-refractivity contribution in [2.45, 2.75) is 26.1 Å². The Hall–Kier alpha value is -1.08. The number of hydrogen-bond acceptors (Lipinski definition) is 3. The number of halogens is 3. The van der Waals surface area contributed by atoms with Crippen LogP contribution in [0.25, 0.3) is 0 Å². The minimum Gasteiger partial charge on any atom is -0.371 e. The molecule has 4 nitrogen and oxygen atoms in total. The molecule has 1 aliphatic heterocycles. The fourth-order valence-corrected chi connectivity index (χ4v) is 2.28. The number of aromatic nitrogens is 2. The standard InChI is InChI=1S/C12H18F3N3O/c1-9-5-10(2)18(16-9)11-6-17(7-11)3-4-19-8-12(13,14)15/h5,11H,3-4,6-8H2,1-2H3. The van der Waals surface area contributed by atoms with Crippen LogP contribution in [-0.2, 0) is 4.74 Å². The lowest BCUT2D eigenvalue weighted by Gasteiger charge is -2.39. The Balaban J connectivity index is 1.65. The molecule has 1 fully saturated rings. The molecule has 0 atom stereocenters. The van der Waals surface area contributed by atoms with E-state index in [-0.39, 0.29) is 6.61 Å². The molecule has 0 aliphatic carbocycles. The molecule has 0 saturated carbocycles. The van der Waals surface area contributed by atoms with Crippen molar-refractivity contribution in [3.05, 3.63) is 17.5 Å². The third kappa shape index (κ3) is 3.94. The van der Waals surface area contributed by atoms with Crippen LogP contribution in [0.1, 0.15) is 17.4 Å². The summed E-state index contributed by atoms with van der Waals surface area (Å²) in [6.07, 6.45) is -4.23. The molecule has 1 aromatic rings. The van der Waals surface area contributed by atoms with Gasteiger partial charge in [-0.2, -0.15) is 18.3 Å². The maximum Gasteiger partial charge on any atom is 0.411 e. The third-order valence-corrected chi connectivity index (χ3v) is 3.15. The second-order valence-electron chi connectivity index (χ2n) is 4.95. The molecule has 0 amide bonds. The highest BCUT2D eigenvalue weighted by atomic mass is 19.4. The first-order valence-corrected chi connectivity index (χ1v) is 6.25. The lowest BCUT2D eigenvalue weighted by atomic mass is 10.1. The van der Waals surface area contributed by atoms with E-state index in [0.29, 0.717) is 12.6 Å². The van der Waals surface area contributed by atoms with Gasteiger partial charge in [-0.25, -0.2) is 0 Å². The van der Waals surface area contributed by atoms with E-state index in [1.54, 1.807) is 0 Å². The summed E-state index contributed by atoms with van der Waals surface area (Å²) < 4.78 is 42.1.